The zero-order valence-electron chi connectivity index (χ0n) is 8.47. The van der Waals surface area contributed by atoms with Crippen LogP contribution in [-0.2, 0) is 7.05 Å². The van der Waals surface area contributed by atoms with Crippen molar-refractivity contribution in [3.05, 3.63) is 12.4 Å². The quantitative estimate of drug-likeness (QED) is 0.710. The number of rotatable bonds is 2. The molecule has 7 heteroatoms. The number of aromatic nitrogens is 5. The molecule has 0 unspecified atom stereocenters. The van der Waals surface area contributed by atoms with E-state index in [0.717, 1.165) is 0 Å². The molecule has 0 saturated carbocycles. The van der Waals surface area contributed by atoms with Gasteiger partial charge in [0.25, 0.3) is 0 Å². The summed E-state index contributed by atoms with van der Waals surface area (Å²) in [6, 6.07) is 0. The first-order valence-electron chi connectivity index (χ1n) is 4.38. The molecule has 0 aliphatic rings. The number of anilines is 2. The van der Waals surface area contributed by atoms with E-state index in [1.54, 1.807) is 17.8 Å². The molecule has 0 bridgehead atoms. The van der Waals surface area contributed by atoms with Crippen LogP contribution in [0.2, 0.25) is 0 Å². The summed E-state index contributed by atoms with van der Waals surface area (Å²) in [6.45, 7) is 0. The zero-order chi connectivity index (χ0) is 10.8. The molecule has 0 atom stereocenters. The maximum absolute atomic E-state index is 5.70. The normalized spacial score (nSPS) is 10.3. The smallest absolute Gasteiger partial charge is 0.224 e. The summed E-state index contributed by atoms with van der Waals surface area (Å²) in [7, 11) is 3.60. The van der Waals surface area contributed by atoms with E-state index < -0.39 is 0 Å². The minimum absolute atomic E-state index is 0.343. The fourth-order valence-electron chi connectivity index (χ4n) is 1.27. The second-order valence-corrected chi connectivity index (χ2v) is 2.95. The molecule has 2 aromatic heterocycles. The van der Waals surface area contributed by atoms with E-state index in [0.29, 0.717) is 23.3 Å². The van der Waals surface area contributed by atoms with Gasteiger partial charge < -0.3 is 11.1 Å². The summed E-state index contributed by atoms with van der Waals surface area (Å²) in [5.74, 6) is 1.58. The van der Waals surface area contributed by atoms with Gasteiger partial charge in [0.05, 0.1) is 0 Å². The van der Waals surface area contributed by atoms with E-state index in [1.807, 2.05) is 7.05 Å². The van der Waals surface area contributed by atoms with Crippen molar-refractivity contribution in [2.24, 2.45) is 7.05 Å². The van der Waals surface area contributed by atoms with Gasteiger partial charge in [-0.1, -0.05) is 0 Å². The summed E-state index contributed by atoms with van der Waals surface area (Å²) in [4.78, 5) is 8.06. The van der Waals surface area contributed by atoms with Crippen LogP contribution in [0.25, 0.3) is 11.5 Å². The van der Waals surface area contributed by atoms with Crippen LogP contribution in [0.3, 0.4) is 0 Å². The average Bonchev–Trinajstić information content (AvgIpc) is 2.60. The molecule has 3 N–H and O–H groups in total. The molecular weight excluding hydrogens is 194 g/mol. The van der Waals surface area contributed by atoms with Gasteiger partial charge in [-0.05, 0) is 0 Å². The van der Waals surface area contributed by atoms with Crippen molar-refractivity contribution in [2.75, 3.05) is 18.1 Å². The van der Waals surface area contributed by atoms with Crippen molar-refractivity contribution in [1.29, 1.82) is 0 Å². The molecule has 0 fully saturated rings. The van der Waals surface area contributed by atoms with Crippen LogP contribution < -0.4 is 11.1 Å². The number of hydrogen-bond acceptors (Lipinski definition) is 6. The third kappa shape index (κ3) is 1.47. The molecule has 2 rings (SSSR count). The molecule has 7 nitrogen and oxygen atoms in total. The van der Waals surface area contributed by atoms with Gasteiger partial charge >= 0.3 is 0 Å². The number of nitrogens with two attached hydrogens (primary N) is 1. The highest BCUT2D eigenvalue weighted by Crippen LogP contribution is 2.20. The number of nitrogens with one attached hydrogen (secondary N) is 1. The van der Waals surface area contributed by atoms with Crippen molar-refractivity contribution >= 4 is 11.8 Å². The number of hydrogen-bond donors (Lipinski definition) is 2. The molecule has 0 saturated heterocycles. The van der Waals surface area contributed by atoms with Gasteiger partial charge in [0, 0.05) is 26.5 Å². The second-order valence-electron chi connectivity index (χ2n) is 2.95. The van der Waals surface area contributed by atoms with Gasteiger partial charge in [-0.3, -0.25) is 4.57 Å². The van der Waals surface area contributed by atoms with Gasteiger partial charge in [-0.25, -0.2) is 9.97 Å². The Morgan fingerprint density at radius 2 is 2.00 bits per heavy atom. The van der Waals surface area contributed by atoms with Crippen LogP contribution in [0.1, 0.15) is 0 Å². The summed E-state index contributed by atoms with van der Waals surface area (Å²) >= 11 is 0. The molecule has 15 heavy (non-hydrogen) atoms. The van der Waals surface area contributed by atoms with E-state index in [2.05, 4.69) is 25.5 Å². The van der Waals surface area contributed by atoms with E-state index >= 15 is 0 Å². The largest absolute Gasteiger partial charge is 0.382 e. The van der Waals surface area contributed by atoms with Crippen LogP contribution in [0.5, 0.6) is 0 Å². The van der Waals surface area contributed by atoms with E-state index in [-0.39, 0.29) is 0 Å². The molecule has 0 aliphatic carbocycles. The lowest BCUT2D eigenvalue weighted by Gasteiger charge is -2.03. The fourth-order valence-corrected chi connectivity index (χ4v) is 1.27. The average molecular weight is 205 g/mol. The highest BCUT2D eigenvalue weighted by Gasteiger charge is 2.13. The van der Waals surface area contributed by atoms with Gasteiger partial charge in [-0.2, -0.15) is 0 Å². The van der Waals surface area contributed by atoms with E-state index in [1.165, 1.54) is 6.20 Å². The fraction of sp³-hybridized carbons (Fsp3) is 0.250. The van der Waals surface area contributed by atoms with Crippen LogP contribution in [0.4, 0.5) is 11.8 Å². The number of nitrogen functional groups attached to an aromatic ring is 1. The van der Waals surface area contributed by atoms with E-state index in [4.69, 9.17) is 5.73 Å². The van der Waals surface area contributed by atoms with Crippen molar-refractivity contribution in [1.82, 2.24) is 24.7 Å². The Morgan fingerprint density at radius 1 is 1.27 bits per heavy atom. The lowest BCUT2D eigenvalue weighted by molar-refractivity contribution is 0.917. The van der Waals surface area contributed by atoms with Gasteiger partial charge in [0.15, 0.2) is 11.6 Å². The first kappa shape index (κ1) is 9.38. The molecule has 0 spiro atoms. The van der Waals surface area contributed by atoms with Gasteiger partial charge in [-0.15, -0.1) is 10.2 Å². The Hall–Kier alpha value is -2.18. The molecule has 78 valence electrons. The topological polar surface area (TPSA) is 94.5 Å². The highest BCUT2D eigenvalue weighted by atomic mass is 15.3. The second kappa shape index (κ2) is 3.52. The number of nitrogens with zero attached hydrogens (tertiary/aromatic N) is 5. The first-order valence-corrected chi connectivity index (χ1v) is 4.38. The van der Waals surface area contributed by atoms with Gasteiger partial charge in [0.2, 0.25) is 5.95 Å². The molecule has 0 radical (unpaired) electrons. The van der Waals surface area contributed by atoms with Crippen molar-refractivity contribution in [3.8, 4) is 11.5 Å². The van der Waals surface area contributed by atoms with E-state index in [9.17, 15) is 0 Å². The molecule has 0 aromatic carbocycles. The summed E-state index contributed by atoms with van der Waals surface area (Å²) in [5, 5.41) is 10.8. The minimum Gasteiger partial charge on any atom is -0.382 e. The van der Waals surface area contributed by atoms with Crippen LogP contribution in [-0.4, -0.2) is 31.8 Å². The lowest BCUT2D eigenvalue weighted by atomic mass is 10.4. The Bertz CT molecular complexity index is 476. The van der Waals surface area contributed by atoms with Crippen LogP contribution >= 0.6 is 0 Å². The first-order chi connectivity index (χ1) is 7.24. The standard InChI is InChI=1S/C8H11N7/c1-10-8-14-13-7(15(8)2)5-6(9)12-4-3-11-5/h3-4H,1-2H3,(H2,9,12)(H,10,14). The summed E-state index contributed by atoms with van der Waals surface area (Å²) in [5.41, 5.74) is 6.23. The molecule has 2 aromatic rings. The predicted molar refractivity (Wildman–Crippen MR) is 56.0 cm³/mol. The SMILES string of the molecule is CNc1nnc(-c2nccnc2N)n1C. The maximum Gasteiger partial charge on any atom is 0.224 e. The third-order valence-corrected chi connectivity index (χ3v) is 2.04. The minimum atomic E-state index is 0.343. The molecule has 0 aliphatic heterocycles. The van der Waals surface area contributed by atoms with Crippen LogP contribution in [0, 0.1) is 0 Å². The lowest BCUT2D eigenvalue weighted by Crippen LogP contribution is -2.03. The molecule has 0 amide bonds. The van der Waals surface area contributed by atoms with Crippen molar-refractivity contribution < 1.29 is 0 Å². The molecule has 2 heterocycles. The Kier molecular flexibility index (Phi) is 2.20. The summed E-state index contributed by atoms with van der Waals surface area (Å²) in [6.07, 6.45) is 3.10. The van der Waals surface area contributed by atoms with Gasteiger partial charge in [0.1, 0.15) is 5.69 Å². The zero-order valence-corrected chi connectivity index (χ0v) is 8.47. The monoisotopic (exact) mass is 205 g/mol. The maximum atomic E-state index is 5.70. The highest BCUT2D eigenvalue weighted by molar-refractivity contribution is 5.64. The third-order valence-electron chi connectivity index (χ3n) is 2.04. The van der Waals surface area contributed by atoms with Crippen molar-refractivity contribution in [3.63, 3.8) is 0 Å². The predicted octanol–water partition coefficient (Wildman–Crippen LogP) is -0.104. The van der Waals surface area contributed by atoms with Crippen LogP contribution in [0.15, 0.2) is 12.4 Å². The van der Waals surface area contributed by atoms with Crippen molar-refractivity contribution in [2.45, 2.75) is 0 Å². The summed E-state index contributed by atoms with van der Waals surface area (Å²) < 4.78 is 1.76. The Balaban J connectivity index is 2.55. The Labute approximate surface area is 86.4 Å². The molecular formula is C8H11N7. The Morgan fingerprint density at radius 3 is 2.60 bits per heavy atom.